The molecule has 0 radical (unpaired) electrons. The molecule has 0 bridgehead atoms. The van der Waals surface area contributed by atoms with Crippen LogP contribution >= 0.6 is 11.8 Å². The zero-order valence-electron chi connectivity index (χ0n) is 9.43. The molecule has 1 heterocycles. The molecule has 2 aromatic rings. The number of amides is 1. The van der Waals surface area contributed by atoms with E-state index in [1.165, 1.54) is 0 Å². The van der Waals surface area contributed by atoms with E-state index >= 15 is 0 Å². The summed E-state index contributed by atoms with van der Waals surface area (Å²) in [6.07, 6.45) is 0. The Morgan fingerprint density at radius 2 is 1.94 bits per heavy atom. The van der Waals surface area contributed by atoms with E-state index in [2.05, 4.69) is 0 Å². The van der Waals surface area contributed by atoms with E-state index in [1.54, 1.807) is 0 Å². The monoisotopic (exact) mass is 243 g/mol. The van der Waals surface area contributed by atoms with Gasteiger partial charge < -0.3 is 4.90 Å². The number of fused-ring (bicyclic) bond motifs is 1. The Morgan fingerprint density at radius 3 is 2.76 bits per heavy atom. The smallest absolute Gasteiger partial charge is 0.255 e. The standard InChI is InChI=1S/C14H13NOS/c16-14(15-8-9-17-10-15)13-7-3-5-11-4-1-2-6-12(11)13/h1-7H,8-10H2. The minimum Gasteiger partial charge on any atom is -0.329 e. The first kappa shape index (κ1) is 10.7. The second-order valence-corrected chi connectivity index (χ2v) is 5.21. The molecule has 1 amide bonds. The highest BCUT2D eigenvalue weighted by molar-refractivity contribution is 7.99. The van der Waals surface area contributed by atoms with Crippen LogP contribution in [0.3, 0.4) is 0 Å². The molecule has 3 heteroatoms. The molecule has 2 aromatic carbocycles. The Labute approximate surface area is 105 Å². The predicted octanol–water partition coefficient (Wildman–Crippen LogP) is 2.99. The third-order valence-corrected chi connectivity index (χ3v) is 4.03. The lowest BCUT2D eigenvalue weighted by atomic mass is 10.0. The van der Waals surface area contributed by atoms with Crippen molar-refractivity contribution >= 4 is 28.4 Å². The fourth-order valence-corrected chi connectivity index (χ4v) is 3.10. The highest BCUT2D eigenvalue weighted by atomic mass is 32.2. The molecular weight excluding hydrogens is 230 g/mol. The zero-order valence-corrected chi connectivity index (χ0v) is 10.2. The van der Waals surface area contributed by atoms with Crippen LogP contribution in [0.4, 0.5) is 0 Å². The van der Waals surface area contributed by atoms with Gasteiger partial charge in [-0.15, -0.1) is 11.8 Å². The van der Waals surface area contributed by atoms with Crippen LogP contribution in [-0.4, -0.2) is 29.0 Å². The highest BCUT2D eigenvalue weighted by Crippen LogP contribution is 2.22. The van der Waals surface area contributed by atoms with Crippen molar-refractivity contribution in [2.24, 2.45) is 0 Å². The van der Waals surface area contributed by atoms with Gasteiger partial charge in [-0.2, -0.15) is 0 Å². The normalized spacial score (nSPS) is 15.4. The molecule has 0 saturated carbocycles. The molecule has 0 aromatic heterocycles. The second kappa shape index (κ2) is 4.41. The number of rotatable bonds is 1. The van der Waals surface area contributed by atoms with E-state index in [0.29, 0.717) is 0 Å². The van der Waals surface area contributed by atoms with Crippen molar-refractivity contribution in [3.05, 3.63) is 48.0 Å². The maximum absolute atomic E-state index is 12.4. The molecule has 3 rings (SSSR count). The third-order valence-electron chi connectivity index (χ3n) is 3.06. The topological polar surface area (TPSA) is 20.3 Å². The maximum Gasteiger partial charge on any atom is 0.255 e. The molecule has 2 nitrogen and oxygen atoms in total. The van der Waals surface area contributed by atoms with Crippen LogP contribution in [0.5, 0.6) is 0 Å². The minimum absolute atomic E-state index is 0.159. The Kier molecular flexibility index (Phi) is 2.77. The van der Waals surface area contributed by atoms with Crippen LogP contribution in [0, 0.1) is 0 Å². The van der Waals surface area contributed by atoms with E-state index in [0.717, 1.165) is 34.5 Å². The number of hydrogen-bond acceptors (Lipinski definition) is 2. The Hall–Kier alpha value is -1.48. The van der Waals surface area contributed by atoms with Gasteiger partial charge in [0, 0.05) is 17.9 Å². The molecule has 1 fully saturated rings. The molecule has 17 heavy (non-hydrogen) atoms. The summed E-state index contributed by atoms with van der Waals surface area (Å²) in [5.74, 6) is 2.03. The second-order valence-electron chi connectivity index (χ2n) is 4.13. The first-order valence-electron chi connectivity index (χ1n) is 5.71. The lowest BCUT2D eigenvalue weighted by molar-refractivity contribution is 0.0804. The van der Waals surface area contributed by atoms with E-state index in [-0.39, 0.29) is 5.91 Å². The van der Waals surface area contributed by atoms with E-state index in [1.807, 2.05) is 59.1 Å². The number of benzene rings is 2. The van der Waals surface area contributed by atoms with E-state index in [9.17, 15) is 4.79 Å². The molecular formula is C14H13NOS. The molecule has 1 aliphatic rings. The number of hydrogen-bond donors (Lipinski definition) is 0. The van der Waals surface area contributed by atoms with Crippen molar-refractivity contribution in [2.45, 2.75) is 0 Å². The first-order valence-corrected chi connectivity index (χ1v) is 6.86. The van der Waals surface area contributed by atoms with Gasteiger partial charge in [0.15, 0.2) is 0 Å². The van der Waals surface area contributed by atoms with Crippen molar-refractivity contribution in [3.63, 3.8) is 0 Å². The Morgan fingerprint density at radius 1 is 1.12 bits per heavy atom. The summed E-state index contributed by atoms with van der Waals surface area (Å²) >= 11 is 1.82. The lowest BCUT2D eigenvalue weighted by Gasteiger charge is -2.15. The van der Waals surface area contributed by atoms with Crippen LogP contribution in [0.25, 0.3) is 10.8 Å². The Balaban J connectivity index is 2.07. The SMILES string of the molecule is O=C(c1cccc2ccccc12)N1CCSC1. The van der Waals surface area contributed by atoms with Crippen molar-refractivity contribution in [3.8, 4) is 0 Å². The van der Waals surface area contributed by atoms with Gasteiger partial charge in [-0.25, -0.2) is 0 Å². The zero-order chi connectivity index (χ0) is 11.7. The summed E-state index contributed by atoms with van der Waals surface area (Å²) < 4.78 is 0. The third kappa shape index (κ3) is 1.91. The van der Waals surface area contributed by atoms with Crippen molar-refractivity contribution in [2.75, 3.05) is 18.2 Å². The lowest BCUT2D eigenvalue weighted by Crippen LogP contribution is -2.27. The van der Waals surface area contributed by atoms with E-state index < -0.39 is 0 Å². The molecule has 86 valence electrons. The van der Waals surface area contributed by atoms with Crippen molar-refractivity contribution < 1.29 is 4.79 Å². The van der Waals surface area contributed by atoms with Crippen molar-refractivity contribution in [1.82, 2.24) is 4.90 Å². The molecule has 0 aliphatic carbocycles. The van der Waals surface area contributed by atoms with Gasteiger partial charge in [-0.05, 0) is 16.8 Å². The average Bonchev–Trinajstić information content (AvgIpc) is 2.91. The predicted molar refractivity (Wildman–Crippen MR) is 72.3 cm³/mol. The molecule has 0 atom stereocenters. The summed E-state index contributed by atoms with van der Waals surface area (Å²) in [5, 5.41) is 2.18. The molecule has 0 unspecified atom stereocenters. The summed E-state index contributed by atoms with van der Waals surface area (Å²) in [4.78, 5) is 14.3. The van der Waals surface area contributed by atoms with E-state index in [4.69, 9.17) is 0 Å². The quantitative estimate of drug-likeness (QED) is 0.767. The van der Waals surface area contributed by atoms with Crippen LogP contribution in [-0.2, 0) is 0 Å². The molecule has 1 saturated heterocycles. The fraction of sp³-hybridized carbons (Fsp3) is 0.214. The summed E-state index contributed by atoms with van der Waals surface area (Å²) in [6.45, 7) is 0.868. The minimum atomic E-state index is 0.159. The fourth-order valence-electron chi connectivity index (χ4n) is 2.16. The number of carbonyl (C=O) groups excluding carboxylic acids is 1. The van der Waals surface area contributed by atoms with Gasteiger partial charge in [0.2, 0.25) is 0 Å². The van der Waals surface area contributed by atoms with Gasteiger partial charge in [-0.3, -0.25) is 4.79 Å². The van der Waals surface area contributed by atoms with Crippen molar-refractivity contribution in [1.29, 1.82) is 0 Å². The highest BCUT2D eigenvalue weighted by Gasteiger charge is 2.20. The van der Waals surface area contributed by atoms with Crippen LogP contribution in [0.1, 0.15) is 10.4 Å². The van der Waals surface area contributed by atoms with Crippen LogP contribution in [0.2, 0.25) is 0 Å². The van der Waals surface area contributed by atoms with Gasteiger partial charge >= 0.3 is 0 Å². The molecule has 0 N–H and O–H groups in total. The maximum atomic E-state index is 12.4. The van der Waals surface area contributed by atoms with Gasteiger partial charge in [0.1, 0.15) is 0 Å². The molecule has 1 aliphatic heterocycles. The van der Waals surface area contributed by atoms with Crippen LogP contribution in [0.15, 0.2) is 42.5 Å². The number of nitrogens with zero attached hydrogens (tertiary/aromatic N) is 1. The number of carbonyl (C=O) groups is 1. The summed E-state index contributed by atoms with van der Waals surface area (Å²) in [7, 11) is 0. The average molecular weight is 243 g/mol. The van der Waals surface area contributed by atoms with Gasteiger partial charge in [0.05, 0.1) is 5.88 Å². The summed E-state index contributed by atoms with van der Waals surface area (Å²) in [6, 6.07) is 14.0. The first-order chi connectivity index (χ1) is 8.36. The summed E-state index contributed by atoms with van der Waals surface area (Å²) in [5.41, 5.74) is 0.825. The number of thioether (sulfide) groups is 1. The molecule has 0 spiro atoms. The van der Waals surface area contributed by atoms with Crippen LogP contribution < -0.4 is 0 Å². The van der Waals surface area contributed by atoms with Gasteiger partial charge in [0.25, 0.3) is 5.91 Å². The Bertz CT molecular complexity index is 556. The van der Waals surface area contributed by atoms with Gasteiger partial charge in [-0.1, -0.05) is 36.4 Å². The largest absolute Gasteiger partial charge is 0.329 e.